The zero-order valence-corrected chi connectivity index (χ0v) is 9.23. The lowest BCUT2D eigenvalue weighted by Crippen LogP contribution is -2.10. The van der Waals surface area contributed by atoms with Gasteiger partial charge in [-0.05, 0) is 36.6 Å². The predicted molar refractivity (Wildman–Crippen MR) is 61.1 cm³/mol. The first-order valence-electron chi connectivity index (χ1n) is 5.42. The van der Waals surface area contributed by atoms with E-state index >= 15 is 0 Å². The van der Waals surface area contributed by atoms with Crippen LogP contribution in [0.1, 0.15) is 18.4 Å². The molecule has 0 saturated heterocycles. The van der Waals surface area contributed by atoms with Crippen molar-refractivity contribution in [3.8, 4) is 5.75 Å². The Balaban J connectivity index is 2.15. The maximum absolute atomic E-state index is 11.3. The summed E-state index contributed by atoms with van der Waals surface area (Å²) >= 11 is 0. The Kier molecular flexibility index (Phi) is 3.27. The normalized spacial score (nSPS) is 14.5. The third kappa shape index (κ3) is 2.96. The van der Waals surface area contributed by atoms with Crippen LogP contribution in [-0.4, -0.2) is 23.6 Å². The second kappa shape index (κ2) is 4.86. The van der Waals surface area contributed by atoms with Crippen LogP contribution in [0.15, 0.2) is 18.2 Å². The van der Waals surface area contributed by atoms with Crippen molar-refractivity contribution in [1.82, 2.24) is 0 Å². The molecule has 17 heavy (non-hydrogen) atoms. The van der Waals surface area contributed by atoms with Crippen LogP contribution in [0.3, 0.4) is 0 Å². The Morgan fingerprint density at radius 2 is 2.24 bits per heavy atom. The Labute approximate surface area is 98.4 Å². The number of carboxylic acid groups (broad SMARTS) is 1. The van der Waals surface area contributed by atoms with Crippen LogP contribution in [0.25, 0.3) is 0 Å². The first kappa shape index (κ1) is 11.4. The van der Waals surface area contributed by atoms with Crippen molar-refractivity contribution in [3.63, 3.8) is 0 Å². The van der Waals surface area contributed by atoms with E-state index in [9.17, 15) is 9.59 Å². The van der Waals surface area contributed by atoms with E-state index in [2.05, 4.69) is 5.32 Å². The van der Waals surface area contributed by atoms with Gasteiger partial charge in [-0.15, -0.1) is 0 Å². The zero-order chi connectivity index (χ0) is 12.3. The molecule has 5 heteroatoms. The average molecular weight is 235 g/mol. The molecule has 1 amide bonds. The van der Waals surface area contributed by atoms with Crippen LogP contribution in [0.4, 0.5) is 5.69 Å². The highest BCUT2D eigenvalue weighted by molar-refractivity contribution is 5.92. The van der Waals surface area contributed by atoms with Gasteiger partial charge in [0.2, 0.25) is 5.91 Å². The number of aliphatic carboxylic acids is 1. The van der Waals surface area contributed by atoms with Crippen LogP contribution in [0, 0.1) is 0 Å². The average Bonchev–Trinajstić information content (AvgIpc) is 2.46. The third-order valence-electron chi connectivity index (χ3n) is 2.56. The highest BCUT2D eigenvalue weighted by Gasteiger charge is 2.13. The van der Waals surface area contributed by atoms with Crippen molar-refractivity contribution in [1.29, 1.82) is 0 Å². The molecule has 1 heterocycles. The molecule has 0 atom stereocenters. The molecule has 90 valence electrons. The van der Waals surface area contributed by atoms with Crippen molar-refractivity contribution < 1.29 is 19.4 Å². The Morgan fingerprint density at radius 3 is 3.00 bits per heavy atom. The van der Waals surface area contributed by atoms with E-state index in [0.717, 1.165) is 24.1 Å². The lowest BCUT2D eigenvalue weighted by Gasteiger charge is -2.09. The summed E-state index contributed by atoms with van der Waals surface area (Å²) in [4.78, 5) is 21.7. The van der Waals surface area contributed by atoms with Gasteiger partial charge in [0.15, 0.2) is 6.61 Å². The van der Waals surface area contributed by atoms with Crippen LogP contribution in [-0.2, 0) is 16.0 Å². The molecule has 0 aliphatic carbocycles. The lowest BCUT2D eigenvalue weighted by atomic mass is 10.1. The summed E-state index contributed by atoms with van der Waals surface area (Å²) in [5.74, 6) is -0.474. The lowest BCUT2D eigenvalue weighted by molar-refractivity contribution is -0.139. The number of carbonyl (C=O) groups is 2. The van der Waals surface area contributed by atoms with Gasteiger partial charge in [-0.25, -0.2) is 4.79 Å². The Morgan fingerprint density at radius 1 is 1.41 bits per heavy atom. The summed E-state index contributed by atoms with van der Waals surface area (Å²) < 4.78 is 5.09. The number of hydrogen-bond donors (Lipinski definition) is 2. The minimum atomic E-state index is -1.01. The molecule has 0 saturated carbocycles. The molecule has 0 spiro atoms. The highest BCUT2D eigenvalue weighted by Crippen LogP contribution is 2.26. The molecule has 0 fully saturated rings. The Bertz CT molecular complexity index is 456. The molecule has 2 rings (SSSR count). The van der Waals surface area contributed by atoms with E-state index in [1.165, 1.54) is 0 Å². The van der Waals surface area contributed by atoms with E-state index in [0.29, 0.717) is 12.2 Å². The van der Waals surface area contributed by atoms with Crippen molar-refractivity contribution in [2.24, 2.45) is 0 Å². The number of carbonyl (C=O) groups excluding carboxylic acids is 1. The van der Waals surface area contributed by atoms with Gasteiger partial charge in [0.05, 0.1) is 0 Å². The molecule has 0 radical (unpaired) electrons. The van der Waals surface area contributed by atoms with E-state index in [4.69, 9.17) is 9.84 Å². The van der Waals surface area contributed by atoms with E-state index in [1.807, 2.05) is 0 Å². The summed E-state index contributed by atoms with van der Waals surface area (Å²) in [6.07, 6.45) is 2.10. The van der Waals surface area contributed by atoms with Gasteiger partial charge in [-0.1, -0.05) is 0 Å². The van der Waals surface area contributed by atoms with E-state index < -0.39 is 5.97 Å². The number of nitrogens with one attached hydrogen (secondary N) is 1. The second-order valence-electron chi connectivity index (χ2n) is 3.90. The SMILES string of the molecule is O=C(O)COc1ccc2c(c1)CCCC(=O)N2. The maximum Gasteiger partial charge on any atom is 0.341 e. The Hall–Kier alpha value is -2.04. The fourth-order valence-corrected chi connectivity index (χ4v) is 1.79. The highest BCUT2D eigenvalue weighted by atomic mass is 16.5. The molecular formula is C12H13NO4. The first-order valence-corrected chi connectivity index (χ1v) is 5.42. The number of aryl methyl sites for hydroxylation is 1. The van der Waals surface area contributed by atoms with Crippen LogP contribution in [0.2, 0.25) is 0 Å². The van der Waals surface area contributed by atoms with Crippen LogP contribution < -0.4 is 10.1 Å². The molecular weight excluding hydrogens is 222 g/mol. The van der Waals surface area contributed by atoms with Crippen molar-refractivity contribution in [3.05, 3.63) is 23.8 Å². The number of anilines is 1. The number of benzene rings is 1. The van der Waals surface area contributed by atoms with Crippen LogP contribution in [0.5, 0.6) is 5.75 Å². The smallest absolute Gasteiger partial charge is 0.341 e. The molecule has 1 aromatic rings. The topological polar surface area (TPSA) is 75.6 Å². The zero-order valence-electron chi connectivity index (χ0n) is 9.23. The molecule has 1 aliphatic rings. The summed E-state index contributed by atoms with van der Waals surface area (Å²) in [6, 6.07) is 5.19. The number of carboxylic acids is 1. The van der Waals surface area contributed by atoms with Gasteiger partial charge in [-0.2, -0.15) is 0 Å². The summed E-state index contributed by atoms with van der Waals surface area (Å²) in [5.41, 5.74) is 1.77. The van der Waals surface area contributed by atoms with Gasteiger partial charge < -0.3 is 15.2 Å². The number of rotatable bonds is 3. The number of amides is 1. The molecule has 5 nitrogen and oxygen atoms in total. The minimum absolute atomic E-state index is 0.0166. The van der Waals surface area contributed by atoms with Gasteiger partial charge >= 0.3 is 5.97 Å². The number of ether oxygens (including phenoxy) is 1. The second-order valence-corrected chi connectivity index (χ2v) is 3.90. The molecule has 2 N–H and O–H groups in total. The summed E-state index contributed by atoms with van der Waals surface area (Å²) in [5, 5.41) is 11.3. The predicted octanol–water partition coefficient (Wildman–Crippen LogP) is 1.42. The largest absolute Gasteiger partial charge is 0.482 e. The quantitative estimate of drug-likeness (QED) is 0.830. The summed E-state index contributed by atoms with van der Waals surface area (Å²) in [6.45, 7) is -0.356. The van der Waals surface area contributed by atoms with Crippen molar-refractivity contribution >= 4 is 17.6 Å². The van der Waals surface area contributed by atoms with E-state index in [-0.39, 0.29) is 12.5 Å². The van der Waals surface area contributed by atoms with Gasteiger partial charge in [0.25, 0.3) is 0 Å². The third-order valence-corrected chi connectivity index (χ3v) is 2.56. The van der Waals surface area contributed by atoms with Gasteiger partial charge in [-0.3, -0.25) is 4.79 Å². The fourth-order valence-electron chi connectivity index (χ4n) is 1.79. The van der Waals surface area contributed by atoms with E-state index in [1.54, 1.807) is 18.2 Å². The molecule has 1 aromatic carbocycles. The van der Waals surface area contributed by atoms with Crippen molar-refractivity contribution in [2.45, 2.75) is 19.3 Å². The first-order chi connectivity index (χ1) is 8.15. The molecule has 0 bridgehead atoms. The fraction of sp³-hybridized carbons (Fsp3) is 0.333. The molecule has 0 unspecified atom stereocenters. The monoisotopic (exact) mass is 235 g/mol. The minimum Gasteiger partial charge on any atom is -0.482 e. The standard InChI is InChI=1S/C12H13NO4/c14-11-3-1-2-8-6-9(17-7-12(15)16)4-5-10(8)13-11/h4-6H,1-3,7H2,(H,13,14)(H,15,16). The number of hydrogen-bond acceptors (Lipinski definition) is 3. The van der Waals surface area contributed by atoms with Crippen LogP contribution >= 0.6 is 0 Å². The van der Waals surface area contributed by atoms with Gasteiger partial charge in [0.1, 0.15) is 5.75 Å². The van der Waals surface area contributed by atoms with Crippen molar-refractivity contribution in [2.75, 3.05) is 11.9 Å². The maximum atomic E-state index is 11.3. The molecule has 0 aromatic heterocycles. The van der Waals surface area contributed by atoms with Gasteiger partial charge in [0, 0.05) is 12.1 Å². The number of fused-ring (bicyclic) bond motifs is 1. The summed E-state index contributed by atoms with van der Waals surface area (Å²) in [7, 11) is 0. The molecule has 1 aliphatic heterocycles.